The van der Waals surface area contributed by atoms with Gasteiger partial charge >= 0.3 is 0 Å². The van der Waals surface area contributed by atoms with Crippen molar-refractivity contribution in [2.45, 2.75) is 39.2 Å². The van der Waals surface area contributed by atoms with E-state index in [2.05, 4.69) is 35.1 Å². The molecule has 1 aliphatic rings. The highest BCUT2D eigenvalue weighted by Gasteiger charge is 2.28. The van der Waals surface area contributed by atoms with Crippen molar-refractivity contribution < 1.29 is 13.9 Å². The van der Waals surface area contributed by atoms with Crippen LogP contribution in [0.3, 0.4) is 0 Å². The van der Waals surface area contributed by atoms with Gasteiger partial charge in [0.1, 0.15) is 0 Å². The van der Waals surface area contributed by atoms with E-state index < -0.39 is 5.82 Å². The molecule has 3 atom stereocenters. The molecule has 3 unspecified atom stereocenters. The monoisotopic (exact) mass is 357 g/mol. The summed E-state index contributed by atoms with van der Waals surface area (Å²) < 4.78 is 19.5. The Morgan fingerprint density at radius 3 is 2.90 bits per heavy atom. The number of amides is 1. The lowest BCUT2D eigenvalue weighted by atomic mass is 9.78. The molecule has 0 saturated heterocycles. The smallest absolute Gasteiger partial charge is 0.258 e. The average molecular weight is 358 g/mol. The molecule has 5 heteroatoms. The number of carbonyl (C=O) groups is 1. The molecular formula is C16H21BrFNO2. The molecule has 0 radical (unpaired) electrons. The van der Waals surface area contributed by atoms with E-state index >= 15 is 0 Å². The van der Waals surface area contributed by atoms with Crippen molar-refractivity contribution in [3.05, 3.63) is 28.5 Å². The van der Waals surface area contributed by atoms with E-state index in [9.17, 15) is 9.18 Å². The summed E-state index contributed by atoms with van der Waals surface area (Å²) in [6, 6.07) is 4.71. The zero-order valence-corrected chi connectivity index (χ0v) is 14.0. The van der Waals surface area contributed by atoms with Gasteiger partial charge in [-0.25, -0.2) is 4.39 Å². The lowest BCUT2D eigenvalue weighted by Crippen LogP contribution is -2.45. The summed E-state index contributed by atoms with van der Waals surface area (Å²) >= 11 is 3.18. The first kappa shape index (κ1) is 16.3. The highest BCUT2D eigenvalue weighted by molar-refractivity contribution is 9.10. The minimum absolute atomic E-state index is 0.0958. The Morgan fingerprint density at radius 1 is 1.43 bits per heavy atom. The zero-order chi connectivity index (χ0) is 15.4. The SMILES string of the molecule is CC1CCCC(NC(=O)COc2ccc(Br)cc2F)C1C. The first-order valence-electron chi connectivity index (χ1n) is 7.34. The number of halogens is 2. The quantitative estimate of drug-likeness (QED) is 0.886. The molecule has 116 valence electrons. The second kappa shape index (κ2) is 7.25. The van der Waals surface area contributed by atoms with Gasteiger partial charge in [-0.15, -0.1) is 0 Å². The van der Waals surface area contributed by atoms with Crippen LogP contribution in [-0.4, -0.2) is 18.6 Å². The van der Waals surface area contributed by atoms with Crippen LogP contribution in [0.1, 0.15) is 33.1 Å². The summed E-state index contributed by atoms with van der Waals surface area (Å²) in [5, 5.41) is 3.00. The van der Waals surface area contributed by atoms with Gasteiger partial charge in [0.25, 0.3) is 5.91 Å². The molecule has 1 aliphatic carbocycles. The largest absolute Gasteiger partial charge is 0.481 e. The second-order valence-electron chi connectivity index (χ2n) is 5.80. The van der Waals surface area contributed by atoms with Crippen LogP contribution >= 0.6 is 15.9 Å². The Hall–Kier alpha value is -1.10. The first-order chi connectivity index (χ1) is 9.97. The van der Waals surface area contributed by atoms with Crippen LogP contribution in [0, 0.1) is 17.7 Å². The third-order valence-electron chi connectivity index (χ3n) is 4.31. The zero-order valence-electron chi connectivity index (χ0n) is 12.4. The summed E-state index contributed by atoms with van der Waals surface area (Å²) in [6.45, 7) is 4.23. The number of carbonyl (C=O) groups excluding carboxylic acids is 1. The third-order valence-corrected chi connectivity index (χ3v) is 4.80. The predicted octanol–water partition coefficient (Wildman–Crippen LogP) is 3.91. The summed E-state index contributed by atoms with van der Waals surface area (Å²) in [7, 11) is 0. The van der Waals surface area contributed by atoms with Crippen molar-refractivity contribution in [3.8, 4) is 5.75 Å². The first-order valence-corrected chi connectivity index (χ1v) is 8.14. The van der Waals surface area contributed by atoms with E-state index in [4.69, 9.17) is 4.74 Å². The molecule has 1 aromatic rings. The molecule has 0 heterocycles. The van der Waals surface area contributed by atoms with Gasteiger partial charge in [0.15, 0.2) is 18.2 Å². The highest BCUT2D eigenvalue weighted by atomic mass is 79.9. The van der Waals surface area contributed by atoms with Crippen LogP contribution in [0.5, 0.6) is 5.75 Å². The lowest BCUT2D eigenvalue weighted by Gasteiger charge is -2.34. The van der Waals surface area contributed by atoms with Crippen LogP contribution < -0.4 is 10.1 Å². The fraction of sp³-hybridized carbons (Fsp3) is 0.562. The van der Waals surface area contributed by atoms with E-state index in [0.717, 1.165) is 12.8 Å². The molecule has 2 rings (SSSR count). The Balaban J connectivity index is 1.84. The number of ether oxygens (including phenoxy) is 1. The summed E-state index contributed by atoms with van der Waals surface area (Å²) in [4.78, 5) is 11.9. The molecule has 1 aromatic carbocycles. The molecule has 1 fully saturated rings. The van der Waals surface area contributed by atoms with Gasteiger partial charge in [0.2, 0.25) is 0 Å². The number of hydrogen-bond donors (Lipinski definition) is 1. The number of nitrogens with one attached hydrogen (secondary N) is 1. The normalized spacial score (nSPS) is 25.4. The van der Waals surface area contributed by atoms with Gasteiger partial charge < -0.3 is 10.1 Å². The molecule has 0 aliphatic heterocycles. The summed E-state index contributed by atoms with van der Waals surface area (Å²) in [5.41, 5.74) is 0. The molecule has 0 aromatic heterocycles. The van der Waals surface area contributed by atoms with Crippen LogP contribution in [0.15, 0.2) is 22.7 Å². The van der Waals surface area contributed by atoms with E-state index in [1.807, 2.05) is 0 Å². The van der Waals surface area contributed by atoms with Crippen LogP contribution in [-0.2, 0) is 4.79 Å². The van der Waals surface area contributed by atoms with E-state index in [0.29, 0.717) is 16.3 Å². The molecule has 1 amide bonds. The average Bonchev–Trinajstić information content (AvgIpc) is 2.43. The van der Waals surface area contributed by atoms with Crippen LogP contribution in [0.25, 0.3) is 0 Å². The maximum Gasteiger partial charge on any atom is 0.258 e. The molecule has 0 bridgehead atoms. The fourth-order valence-corrected chi connectivity index (χ4v) is 3.10. The van der Waals surface area contributed by atoms with Gasteiger partial charge in [0, 0.05) is 10.5 Å². The molecule has 1 N–H and O–H groups in total. The Labute approximate surface area is 133 Å². The van der Waals surface area contributed by atoms with Crippen LogP contribution in [0.4, 0.5) is 4.39 Å². The van der Waals surface area contributed by atoms with E-state index in [1.165, 1.54) is 18.6 Å². The topological polar surface area (TPSA) is 38.3 Å². The van der Waals surface area contributed by atoms with Crippen molar-refractivity contribution in [1.29, 1.82) is 0 Å². The van der Waals surface area contributed by atoms with Gasteiger partial charge in [-0.05, 0) is 36.5 Å². The van der Waals surface area contributed by atoms with Crippen molar-refractivity contribution in [3.63, 3.8) is 0 Å². The summed E-state index contributed by atoms with van der Waals surface area (Å²) in [6.07, 6.45) is 3.36. The second-order valence-corrected chi connectivity index (χ2v) is 6.72. The number of benzene rings is 1. The van der Waals surface area contributed by atoms with E-state index in [-0.39, 0.29) is 24.3 Å². The Kier molecular flexibility index (Phi) is 5.62. The molecule has 0 spiro atoms. The van der Waals surface area contributed by atoms with Crippen molar-refractivity contribution >= 4 is 21.8 Å². The highest BCUT2D eigenvalue weighted by Crippen LogP contribution is 2.29. The van der Waals surface area contributed by atoms with Gasteiger partial charge in [-0.2, -0.15) is 0 Å². The molecule has 1 saturated carbocycles. The molecule has 3 nitrogen and oxygen atoms in total. The van der Waals surface area contributed by atoms with Crippen molar-refractivity contribution in [1.82, 2.24) is 5.32 Å². The lowest BCUT2D eigenvalue weighted by molar-refractivity contribution is -0.124. The number of rotatable bonds is 4. The maximum atomic E-state index is 13.6. The van der Waals surface area contributed by atoms with Gasteiger partial charge in [-0.3, -0.25) is 4.79 Å². The number of hydrogen-bond acceptors (Lipinski definition) is 2. The van der Waals surface area contributed by atoms with Crippen molar-refractivity contribution in [2.24, 2.45) is 11.8 Å². The van der Waals surface area contributed by atoms with E-state index in [1.54, 1.807) is 6.07 Å². The Morgan fingerprint density at radius 2 is 2.19 bits per heavy atom. The minimum atomic E-state index is -0.475. The van der Waals surface area contributed by atoms with Crippen molar-refractivity contribution in [2.75, 3.05) is 6.61 Å². The van der Waals surface area contributed by atoms with Crippen LogP contribution in [0.2, 0.25) is 0 Å². The minimum Gasteiger partial charge on any atom is -0.481 e. The third kappa shape index (κ3) is 4.43. The van der Waals surface area contributed by atoms with Gasteiger partial charge in [0.05, 0.1) is 0 Å². The fourth-order valence-electron chi connectivity index (χ4n) is 2.77. The predicted molar refractivity (Wildman–Crippen MR) is 83.7 cm³/mol. The Bertz CT molecular complexity index is 509. The molecular weight excluding hydrogens is 337 g/mol. The summed E-state index contributed by atoms with van der Waals surface area (Å²) in [5.74, 6) is 0.513. The maximum absolute atomic E-state index is 13.6. The standard InChI is InChI=1S/C16H21BrFNO2/c1-10-4-3-5-14(11(10)2)19-16(20)9-21-15-7-6-12(17)8-13(15)18/h6-8,10-11,14H,3-5,9H2,1-2H3,(H,19,20). The molecule has 21 heavy (non-hydrogen) atoms. The van der Waals surface area contributed by atoms with Gasteiger partial charge in [-0.1, -0.05) is 42.6 Å².